The summed E-state index contributed by atoms with van der Waals surface area (Å²) in [6, 6.07) is 7.00. The van der Waals surface area contributed by atoms with Crippen LogP contribution in [0.1, 0.15) is 42.6 Å². The van der Waals surface area contributed by atoms with Crippen molar-refractivity contribution in [1.82, 2.24) is 10.6 Å². The van der Waals surface area contributed by atoms with Gasteiger partial charge in [0.25, 0.3) is 5.91 Å². The number of nitrogens with one attached hydrogen (secondary N) is 2. The molecule has 0 heterocycles. The van der Waals surface area contributed by atoms with Crippen LogP contribution < -0.4 is 10.6 Å². The first-order valence-corrected chi connectivity index (χ1v) is 7.18. The predicted molar refractivity (Wildman–Crippen MR) is 82.6 cm³/mol. The molecule has 1 atom stereocenters. The molecule has 0 saturated carbocycles. The standard InChI is InChI=1S/C16H22N2O4/c1-4-16(2,15(21)22)18-13(19)9-8-11-6-5-7-12(10-11)14(20)17-3/h5-7,10H,4,8-9H2,1-3H3,(H,17,20)(H,18,19)(H,21,22). The Balaban J connectivity index is 2.65. The lowest BCUT2D eigenvalue weighted by atomic mass is 9.98. The number of amides is 2. The second-order valence-electron chi connectivity index (χ2n) is 5.32. The summed E-state index contributed by atoms with van der Waals surface area (Å²) < 4.78 is 0. The van der Waals surface area contributed by atoms with E-state index in [9.17, 15) is 14.4 Å². The number of hydrogen-bond acceptors (Lipinski definition) is 3. The maximum absolute atomic E-state index is 11.9. The fourth-order valence-corrected chi connectivity index (χ4v) is 1.93. The summed E-state index contributed by atoms with van der Waals surface area (Å²) in [6.07, 6.45) is 0.913. The minimum atomic E-state index is -1.25. The van der Waals surface area contributed by atoms with Gasteiger partial charge in [-0.15, -0.1) is 0 Å². The molecule has 0 aromatic heterocycles. The van der Waals surface area contributed by atoms with Crippen molar-refractivity contribution in [3.8, 4) is 0 Å². The molecule has 22 heavy (non-hydrogen) atoms. The molecule has 0 fully saturated rings. The van der Waals surface area contributed by atoms with Gasteiger partial charge in [0.05, 0.1) is 0 Å². The Morgan fingerprint density at radius 3 is 2.50 bits per heavy atom. The van der Waals surface area contributed by atoms with Crippen molar-refractivity contribution in [2.45, 2.75) is 38.6 Å². The molecule has 0 radical (unpaired) electrons. The second-order valence-corrected chi connectivity index (χ2v) is 5.32. The van der Waals surface area contributed by atoms with E-state index in [1.54, 1.807) is 32.2 Å². The Labute approximate surface area is 129 Å². The Morgan fingerprint density at radius 2 is 1.95 bits per heavy atom. The van der Waals surface area contributed by atoms with E-state index in [-0.39, 0.29) is 18.2 Å². The van der Waals surface area contributed by atoms with Gasteiger partial charge in [0.1, 0.15) is 5.54 Å². The number of carboxylic acids is 1. The average Bonchev–Trinajstić information content (AvgIpc) is 2.52. The zero-order valence-electron chi connectivity index (χ0n) is 13.1. The summed E-state index contributed by atoms with van der Waals surface area (Å²) in [6.45, 7) is 3.20. The smallest absolute Gasteiger partial charge is 0.329 e. The first-order chi connectivity index (χ1) is 10.3. The number of aliphatic carboxylic acids is 1. The molecule has 6 nitrogen and oxygen atoms in total. The van der Waals surface area contributed by atoms with Crippen molar-refractivity contribution in [3.63, 3.8) is 0 Å². The van der Waals surface area contributed by atoms with E-state index in [4.69, 9.17) is 5.11 Å². The highest BCUT2D eigenvalue weighted by molar-refractivity contribution is 5.94. The van der Waals surface area contributed by atoms with E-state index in [0.29, 0.717) is 18.4 Å². The van der Waals surface area contributed by atoms with Crippen LogP contribution in [0.5, 0.6) is 0 Å². The first kappa shape index (κ1) is 17.7. The van der Waals surface area contributed by atoms with Crippen LogP contribution >= 0.6 is 0 Å². The molecule has 6 heteroatoms. The van der Waals surface area contributed by atoms with Crippen LogP contribution in [0, 0.1) is 0 Å². The van der Waals surface area contributed by atoms with Gasteiger partial charge in [-0.05, 0) is 37.5 Å². The maximum Gasteiger partial charge on any atom is 0.329 e. The number of carbonyl (C=O) groups is 3. The van der Waals surface area contributed by atoms with Crippen LogP contribution in [0.25, 0.3) is 0 Å². The topological polar surface area (TPSA) is 95.5 Å². The third kappa shape index (κ3) is 4.58. The summed E-state index contributed by atoms with van der Waals surface area (Å²) >= 11 is 0. The summed E-state index contributed by atoms with van der Waals surface area (Å²) in [4.78, 5) is 34.6. The van der Waals surface area contributed by atoms with Crippen molar-refractivity contribution in [2.24, 2.45) is 0 Å². The van der Waals surface area contributed by atoms with Crippen molar-refractivity contribution in [3.05, 3.63) is 35.4 Å². The van der Waals surface area contributed by atoms with Crippen molar-refractivity contribution in [1.29, 1.82) is 0 Å². The molecule has 120 valence electrons. The largest absolute Gasteiger partial charge is 0.480 e. The lowest BCUT2D eigenvalue weighted by molar-refractivity contribution is -0.147. The van der Waals surface area contributed by atoms with E-state index < -0.39 is 11.5 Å². The quantitative estimate of drug-likeness (QED) is 0.708. The SMILES string of the molecule is CCC(C)(NC(=O)CCc1cccc(C(=O)NC)c1)C(=O)O. The number of aryl methyl sites for hydroxylation is 1. The van der Waals surface area contributed by atoms with E-state index >= 15 is 0 Å². The van der Waals surface area contributed by atoms with Crippen LogP contribution in [-0.4, -0.2) is 35.5 Å². The Bertz CT molecular complexity index is 571. The molecule has 0 aliphatic carbocycles. The van der Waals surface area contributed by atoms with Gasteiger partial charge in [0, 0.05) is 19.0 Å². The second kappa shape index (κ2) is 7.59. The molecule has 1 aromatic carbocycles. The van der Waals surface area contributed by atoms with Crippen LogP contribution in [0.2, 0.25) is 0 Å². The molecule has 0 aliphatic rings. The molecule has 3 N–H and O–H groups in total. The van der Waals surface area contributed by atoms with Crippen LogP contribution in [0.15, 0.2) is 24.3 Å². The first-order valence-electron chi connectivity index (χ1n) is 7.18. The zero-order valence-corrected chi connectivity index (χ0v) is 13.1. The third-order valence-electron chi connectivity index (χ3n) is 3.65. The Morgan fingerprint density at radius 1 is 1.27 bits per heavy atom. The Hall–Kier alpha value is -2.37. The lowest BCUT2D eigenvalue weighted by Crippen LogP contribution is -2.51. The van der Waals surface area contributed by atoms with Crippen molar-refractivity contribution >= 4 is 17.8 Å². The minimum Gasteiger partial charge on any atom is -0.480 e. The molecule has 0 saturated heterocycles. The van der Waals surface area contributed by atoms with E-state index in [0.717, 1.165) is 5.56 Å². The van der Waals surface area contributed by atoms with Crippen LogP contribution in [0.4, 0.5) is 0 Å². The van der Waals surface area contributed by atoms with Crippen LogP contribution in [-0.2, 0) is 16.0 Å². The molecular weight excluding hydrogens is 284 g/mol. The Kier molecular flexibility index (Phi) is 6.10. The molecule has 0 aliphatic heterocycles. The maximum atomic E-state index is 11.9. The van der Waals surface area contributed by atoms with Gasteiger partial charge in [0.15, 0.2) is 0 Å². The highest BCUT2D eigenvalue weighted by atomic mass is 16.4. The minimum absolute atomic E-state index is 0.167. The predicted octanol–water partition coefficient (Wildman–Crippen LogP) is 1.35. The summed E-state index contributed by atoms with van der Waals surface area (Å²) in [5, 5.41) is 14.2. The highest BCUT2D eigenvalue weighted by Gasteiger charge is 2.32. The van der Waals surface area contributed by atoms with Gasteiger partial charge in [0.2, 0.25) is 5.91 Å². The highest BCUT2D eigenvalue weighted by Crippen LogP contribution is 2.11. The summed E-state index contributed by atoms with van der Waals surface area (Å²) in [5.41, 5.74) is 0.134. The number of benzene rings is 1. The molecule has 0 spiro atoms. The number of hydrogen-bond donors (Lipinski definition) is 3. The third-order valence-corrected chi connectivity index (χ3v) is 3.65. The summed E-state index contributed by atoms with van der Waals surface area (Å²) in [5.74, 6) is -1.56. The fraction of sp³-hybridized carbons (Fsp3) is 0.438. The number of carbonyl (C=O) groups excluding carboxylic acids is 2. The molecule has 2 amide bonds. The van der Waals surface area contributed by atoms with Gasteiger partial charge >= 0.3 is 5.97 Å². The normalized spacial score (nSPS) is 13.0. The molecule has 1 rings (SSSR count). The van der Waals surface area contributed by atoms with Crippen molar-refractivity contribution < 1.29 is 19.5 Å². The van der Waals surface area contributed by atoms with Gasteiger partial charge < -0.3 is 15.7 Å². The van der Waals surface area contributed by atoms with Gasteiger partial charge in [-0.25, -0.2) is 4.79 Å². The van der Waals surface area contributed by atoms with E-state index in [1.807, 2.05) is 6.07 Å². The van der Waals surface area contributed by atoms with Gasteiger partial charge in [-0.2, -0.15) is 0 Å². The molecular formula is C16H22N2O4. The lowest BCUT2D eigenvalue weighted by Gasteiger charge is -2.24. The molecule has 1 aromatic rings. The monoisotopic (exact) mass is 306 g/mol. The molecule has 0 bridgehead atoms. The summed E-state index contributed by atoms with van der Waals surface area (Å²) in [7, 11) is 1.56. The van der Waals surface area contributed by atoms with Gasteiger partial charge in [-0.1, -0.05) is 19.1 Å². The average molecular weight is 306 g/mol. The van der Waals surface area contributed by atoms with Crippen LogP contribution in [0.3, 0.4) is 0 Å². The van der Waals surface area contributed by atoms with E-state index in [1.165, 1.54) is 6.92 Å². The van der Waals surface area contributed by atoms with E-state index in [2.05, 4.69) is 10.6 Å². The molecule has 1 unspecified atom stereocenters. The van der Waals surface area contributed by atoms with Crippen molar-refractivity contribution in [2.75, 3.05) is 7.05 Å². The number of carboxylic acid groups (broad SMARTS) is 1. The van der Waals surface area contributed by atoms with Gasteiger partial charge in [-0.3, -0.25) is 9.59 Å². The fourth-order valence-electron chi connectivity index (χ4n) is 1.93. The number of rotatable bonds is 7. The zero-order chi connectivity index (χ0) is 16.8.